The Balaban J connectivity index is 2.05. The van der Waals surface area contributed by atoms with Gasteiger partial charge in [-0.2, -0.15) is 0 Å². The molecule has 2 aliphatic heterocycles. The lowest BCUT2D eigenvalue weighted by atomic mass is 9.94. The summed E-state index contributed by atoms with van der Waals surface area (Å²) in [7, 11) is 0. The number of amides is 1. The van der Waals surface area contributed by atoms with Crippen molar-refractivity contribution >= 4 is 5.91 Å². The van der Waals surface area contributed by atoms with Gasteiger partial charge in [0.1, 0.15) is 0 Å². The predicted molar refractivity (Wildman–Crippen MR) is 43.8 cm³/mol. The van der Waals surface area contributed by atoms with Crippen molar-refractivity contribution in [3.05, 3.63) is 0 Å². The number of rotatable bonds is 0. The maximum Gasteiger partial charge on any atom is 0.236 e. The Morgan fingerprint density at radius 2 is 2.50 bits per heavy atom. The average Bonchev–Trinajstić information content (AvgIpc) is 2.47. The fourth-order valence-corrected chi connectivity index (χ4v) is 1.85. The molecule has 2 aliphatic rings. The van der Waals surface area contributed by atoms with Crippen molar-refractivity contribution in [3.8, 4) is 0 Å². The number of carbonyl (C=O) groups excluding carboxylic acids is 1. The molecule has 0 radical (unpaired) electrons. The van der Waals surface area contributed by atoms with E-state index >= 15 is 0 Å². The van der Waals surface area contributed by atoms with Crippen LogP contribution in [-0.4, -0.2) is 37.2 Å². The molecule has 2 rings (SSSR count). The maximum absolute atomic E-state index is 11.1. The lowest BCUT2D eigenvalue weighted by Crippen LogP contribution is -2.65. The van der Waals surface area contributed by atoms with Gasteiger partial charge in [-0.15, -0.1) is 0 Å². The molecule has 2 fully saturated rings. The van der Waals surface area contributed by atoms with Crippen LogP contribution in [0.25, 0.3) is 0 Å². The number of piperazine rings is 1. The largest absolute Gasteiger partial charge is 0.379 e. The van der Waals surface area contributed by atoms with E-state index in [-0.39, 0.29) is 17.5 Å². The first-order chi connectivity index (χ1) is 5.72. The second-order valence-corrected chi connectivity index (χ2v) is 3.67. The van der Waals surface area contributed by atoms with Crippen molar-refractivity contribution in [2.45, 2.75) is 24.9 Å². The van der Waals surface area contributed by atoms with Gasteiger partial charge in [-0.1, -0.05) is 0 Å². The molecule has 1 amide bonds. The van der Waals surface area contributed by atoms with Crippen molar-refractivity contribution in [1.82, 2.24) is 10.6 Å². The van der Waals surface area contributed by atoms with Crippen LogP contribution in [-0.2, 0) is 9.53 Å². The van der Waals surface area contributed by atoms with Crippen LogP contribution in [0.5, 0.6) is 0 Å². The van der Waals surface area contributed by atoms with E-state index < -0.39 is 0 Å². The molecule has 0 bridgehead atoms. The monoisotopic (exact) mass is 170 g/mol. The Bertz CT molecular complexity index is 199. The molecule has 0 aliphatic carbocycles. The lowest BCUT2D eigenvalue weighted by molar-refractivity contribution is -0.125. The van der Waals surface area contributed by atoms with Crippen molar-refractivity contribution in [2.24, 2.45) is 0 Å². The van der Waals surface area contributed by atoms with Crippen molar-refractivity contribution in [1.29, 1.82) is 0 Å². The standard InChI is InChI=1S/C8H14N2O2/c1-6-7(11)9-4-8(10-6)2-3-12-5-8/h6,10H,2-5H2,1H3,(H,9,11). The number of nitrogens with one attached hydrogen (secondary N) is 2. The molecular formula is C8H14N2O2. The van der Waals surface area contributed by atoms with Crippen LogP contribution in [0.2, 0.25) is 0 Å². The molecule has 4 nitrogen and oxygen atoms in total. The topological polar surface area (TPSA) is 50.4 Å². The Hall–Kier alpha value is -0.610. The van der Waals surface area contributed by atoms with E-state index in [0.29, 0.717) is 6.54 Å². The molecule has 0 aromatic heterocycles. The molecule has 4 heteroatoms. The van der Waals surface area contributed by atoms with Gasteiger partial charge in [-0.25, -0.2) is 0 Å². The van der Waals surface area contributed by atoms with E-state index in [1.54, 1.807) is 0 Å². The third-order valence-corrected chi connectivity index (χ3v) is 2.62. The predicted octanol–water partition coefficient (Wildman–Crippen LogP) is -0.747. The third-order valence-electron chi connectivity index (χ3n) is 2.62. The molecule has 0 aromatic rings. The summed E-state index contributed by atoms with van der Waals surface area (Å²) in [4.78, 5) is 11.1. The summed E-state index contributed by atoms with van der Waals surface area (Å²) in [5, 5.41) is 6.19. The van der Waals surface area contributed by atoms with Gasteiger partial charge in [0.15, 0.2) is 0 Å². The van der Waals surface area contributed by atoms with E-state index in [2.05, 4.69) is 10.6 Å². The second kappa shape index (κ2) is 2.71. The van der Waals surface area contributed by atoms with Crippen molar-refractivity contribution in [2.75, 3.05) is 19.8 Å². The van der Waals surface area contributed by atoms with E-state index in [0.717, 1.165) is 19.6 Å². The first-order valence-electron chi connectivity index (χ1n) is 4.35. The molecule has 2 atom stereocenters. The van der Waals surface area contributed by atoms with Crippen molar-refractivity contribution < 1.29 is 9.53 Å². The third kappa shape index (κ3) is 1.21. The minimum absolute atomic E-state index is 0.0212. The van der Waals surface area contributed by atoms with Gasteiger partial charge >= 0.3 is 0 Å². The SMILES string of the molecule is CC1NC2(CCOC2)CNC1=O. The summed E-state index contributed by atoms with van der Waals surface area (Å²) < 4.78 is 5.31. The Labute approximate surface area is 71.7 Å². The van der Waals surface area contributed by atoms with Crippen LogP contribution in [0.1, 0.15) is 13.3 Å². The van der Waals surface area contributed by atoms with Gasteiger partial charge in [0.2, 0.25) is 5.91 Å². The van der Waals surface area contributed by atoms with E-state index in [1.807, 2.05) is 6.92 Å². The summed E-state index contributed by atoms with van der Waals surface area (Å²) >= 11 is 0. The van der Waals surface area contributed by atoms with Gasteiger partial charge in [0.25, 0.3) is 0 Å². The number of hydrogen-bond donors (Lipinski definition) is 2. The second-order valence-electron chi connectivity index (χ2n) is 3.67. The Morgan fingerprint density at radius 3 is 3.08 bits per heavy atom. The molecule has 2 saturated heterocycles. The van der Waals surface area contributed by atoms with Crippen molar-refractivity contribution in [3.63, 3.8) is 0 Å². The van der Waals surface area contributed by atoms with Crippen LogP contribution in [0.15, 0.2) is 0 Å². The van der Waals surface area contributed by atoms with Crippen LogP contribution in [0.4, 0.5) is 0 Å². The molecule has 2 heterocycles. The highest BCUT2D eigenvalue weighted by Gasteiger charge is 2.40. The number of carbonyl (C=O) groups is 1. The van der Waals surface area contributed by atoms with Crippen LogP contribution < -0.4 is 10.6 Å². The fraction of sp³-hybridized carbons (Fsp3) is 0.875. The summed E-state index contributed by atoms with van der Waals surface area (Å²) in [6.07, 6.45) is 0.998. The summed E-state index contributed by atoms with van der Waals surface area (Å²) in [6.45, 7) is 4.11. The van der Waals surface area contributed by atoms with Gasteiger partial charge in [0, 0.05) is 13.2 Å². The molecule has 2 unspecified atom stereocenters. The Kier molecular flexibility index (Phi) is 1.81. The summed E-state index contributed by atoms with van der Waals surface area (Å²) in [6, 6.07) is -0.0829. The fourth-order valence-electron chi connectivity index (χ4n) is 1.85. The van der Waals surface area contributed by atoms with E-state index in [4.69, 9.17) is 4.74 Å². The normalized spacial score (nSPS) is 41.8. The lowest BCUT2D eigenvalue weighted by Gasteiger charge is -2.36. The van der Waals surface area contributed by atoms with Gasteiger partial charge in [-0.3, -0.25) is 10.1 Å². The average molecular weight is 170 g/mol. The highest BCUT2D eigenvalue weighted by molar-refractivity contribution is 5.82. The van der Waals surface area contributed by atoms with Crippen LogP contribution in [0, 0.1) is 0 Å². The van der Waals surface area contributed by atoms with Gasteiger partial charge in [0.05, 0.1) is 18.2 Å². The van der Waals surface area contributed by atoms with E-state index in [1.165, 1.54) is 0 Å². The Morgan fingerprint density at radius 1 is 1.67 bits per heavy atom. The minimum atomic E-state index is -0.0829. The summed E-state index contributed by atoms with van der Waals surface area (Å²) in [5.74, 6) is 0.0903. The highest BCUT2D eigenvalue weighted by atomic mass is 16.5. The zero-order valence-corrected chi connectivity index (χ0v) is 7.22. The maximum atomic E-state index is 11.1. The zero-order valence-electron chi connectivity index (χ0n) is 7.22. The molecule has 68 valence electrons. The minimum Gasteiger partial charge on any atom is -0.379 e. The molecule has 12 heavy (non-hydrogen) atoms. The first kappa shape index (κ1) is 8.01. The molecule has 2 N–H and O–H groups in total. The zero-order chi connectivity index (χ0) is 8.60. The van der Waals surface area contributed by atoms with Gasteiger partial charge in [-0.05, 0) is 13.3 Å². The summed E-state index contributed by atoms with van der Waals surface area (Å²) in [5.41, 5.74) is 0.0212. The van der Waals surface area contributed by atoms with Gasteiger partial charge < -0.3 is 10.1 Å². The highest BCUT2D eigenvalue weighted by Crippen LogP contribution is 2.20. The molecule has 0 aromatic carbocycles. The number of hydrogen-bond acceptors (Lipinski definition) is 3. The number of ether oxygens (including phenoxy) is 1. The smallest absolute Gasteiger partial charge is 0.236 e. The molecule has 1 spiro atoms. The molecule has 0 saturated carbocycles. The molecular weight excluding hydrogens is 156 g/mol. The van der Waals surface area contributed by atoms with Crippen LogP contribution in [0.3, 0.4) is 0 Å². The quantitative estimate of drug-likeness (QED) is 0.503. The van der Waals surface area contributed by atoms with Crippen LogP contribution >= 0.6 is 0 Å². The van der Waals surface area contributed by atoms with E-state index in [9.17, 15) is 4.79 Å². The first-order valence-corrected chi connectivity index (χ1v) is 4.35.